The van der Waals surface area contributed by atoms with Crippen molar-refractivity contribution in [1.82, 2.24) is 2.78 Å². The van der Waals surface area contributed by atoms with Crippen LogP contribution in [-0.4, -0.2) is 13.0 Å². The Kier molecular flexibility index (Phi) is 7.69. The molecule has 0 saturated heterocycles. The highest BCUT2D eigenvalue weighted by atomic mass is 127. The van der Waals surface area contributed by atoms with E-state index in [9.17, 15) is 4.79 Å². The molecule has 0 aromatic carbocycles. The van der Waals surface area contributed by atoms with Crippen molar-refractivity contribution in [1.29, 1.82) is 0 Å². The van der Waals surface area contributed by atoms with Crippen LogP contribution in [-0.2, 0) is 0 Å². The Morgan fingerprint density at radius 3 is 2.17 bits per heavy atom. The summed E-state index contributed by atoms with van der Waals surface area (Å²) in [6.07, 6.45) is 0. The van der Waals surface area contributed by atoms with Crippen LogP contribution in [0.3, 0.4) is 0 Å². The van der Waals surface area contributed by atoms with Gasteiger partial charge in [0.25, 0.3) is 22.9 Å². The van der Waals surface area contributed by atoms with Crippen molar-refractivity contribution in [2.45, 2.75) is 0 Å². The molecule has 70 valence electrons. The van der Waals surface area contributed by atoms with Crippen molar-refractivity contribution in [2.75, 3.05) is 0 Å². The summed E-state index contributed by atoms with van der Waals surface area (Å²) in [5.41, 5.74) is -0.602. The average molecular weight is 511 g/mol. The Balaban J connectivity index is 0. The Hall–Kier alpha value is 0.600. The molecule has 0 aliphatic rings. The smallest absolute Gasteiger partial charge is 0.576 e. The number of hydrogen-bond donors (Lipinski definition) is 2. The summed E-state index contributed by atoms with van der Waals surface area (Å²) in [5, 5.41) is 17.4. The zero-order valence-corrected chi connectivity index (χ0v) is 11.9. The Labute approximate surface area is 115 Å². The van der Waals surface area contributed by atoms with Crippen molar-refractivity contribution >= 4 is 22.9 Å². The molecule has 0 aliphatic heterocycles. The molecule has 9 heteroatoms. The first-order valence-electron chi connectivity index (χ1n) is 2.27. The lowest BCUT2D eigenvalue weighted by Crippen LogP contribution is -3.00. The van der Waals surface area contributed by atoms with Crippen molar-refractivity contribution < 1.29 is 68.1 Å². The van der Waals surface area contributed by atoms with Crippen molar-refractivity contribution in [3.05, 3.63) is 10.5 Å². The predicted octanol–water partition coefficient (Wildman–Crippen LogP) is -7.91. The van der Waals surface area contributed by atoms with E-state index >= 15 is 0 Å². The SMILES string of the molecule is O=c1[nH+]c(O)[nH+]c(O)n1I.[I-].[I-]. The number of rotatable bonds is 0. The molecule has 1 heterocycles. The van der Waals surface area contributed by atoms with Gasteiger partial charge in [0.15, 0.2) is 0 Å². The molecule has 12 heavy (non-hydrogen) atoms. The molecule has 1 aromatic heterocycles. The van der Waals surface area contributed by atoms with Gasteiger partial charge in [0.1, 0.15) is 0 Å². The van der Waals surface area contributed by atoms with E-state index in [2.05, 4.69) is 4.98 Å². The quantitative estimate of drug-likeness (QED) is 0.340. The van der Waals surface area contributed by atoms with Crippen LogP contribution in [0, 0.1) is 0 Å². The van der Waals surface area contributed by atoms with Gasteiger partial charge in [-0.15, -0.1) is 0 Å². The van der Waals surface area contributed by atoms with E-state index in [1.54, 1.807) is 22.9 Å². The molecule has 0 fully saturated rings. The van der Waals surface area contributed by atoms with Gasteiger partial charge in [0.2, 0.25) is 0 Å². The molecule has 0 bridgehead atoms. The van der Waals surface area contributed by atoms with E-state index in [1.807, 2.05) is 4.98 Å². The summed E-state index contributed by atoms with van der Waals surface area (Å²) >= 11 is 1.57. The zero-order chi connectivity index (χ0) is 7.72. The van der Waals surface area contributed by atoms with Gasteiger partial charge >= 0.3 is 17.7 Å². The molecular formula is C3H4I3N3O3. The molecule has 0 spiro atoms. The Morgan fingerprint density at radius 1 is 1.25 bits per heavy atom. The Morgan fingerprint density at radius 2 is 1.75 bits per heavy atom. The topological polar surface area (TPSA) is 90.7 Å². The van der Waals surface area contributed by atoms with Crippen LogP contribution in [0.2, 0.25) is 0 Å². The van der Waals surface area contributed by atoms with Crippen LogP contribution >= 0.6 is 22.9 Å². The first-order chi connectivity index (χ1) is 4.61. The fourth-order valence-electron chi connectivity index (χ4n) is 0.433. The number of nitrogens with one attached hydrogen (secondary N) is 2. The maximum absolute atomic E-state index is 10.6. The van der Waals surface area contributed by atoms with Crippen LogP contribution in [0.15, 0.2) is 4.79 Å². The fourth-order valence-corrected chi connectivity index (χ4v) is 0.674. The molecule has 1 aromatic rings. The summed E-state index contributed by atoms with van der Waals surface area (Å²) < 4.78 is 0.886. The highest BCUT2D eigenvalue weighted by Crippen LogP contribution is 1.97. The number of aromatic hydroxyl groups is 2. The van der Waals surface area contributed by atoms with Gasteiger partial charge in [-0.25, -0.2) is 0 Å². The van der Waals surface area contributed by atoms with Gasteiger partial charge in [-0.2, -0.15) is 4.79 Å². The lowest BCUT2D eigenvalue weighted by atomic mass is 11.0. The van der Waals surface area contributed by atoms with Gasteiger partial charge in [-0.1, -0.05) is 9.97 Å². The molecule has 0 amide bonds. The number of aromatic nitrogens is 3. The van der Waals surface area contributed by atoms with Gasteiger partial charge in [0.05, 0.1) is 0 Å². The van der Waals surface area contributed by atoms with E-state index in [-0.39, 0.29) is 48.0 Å². The van der Waals surface area contributed by atoms with Gasteiger partial charge in [-0.3, -0.25) is 0 Å². The van der Waals surface area contributed by atoms with E-state index in [4.69, 9.17) is 10.2 Å². The maximum Gasteiger partial charge on any atom is 0.576 e. The normalized spacial score (nSPS) is 8.08. The molecule has 4 N–H and O–H groups in total. The minimum absolute atomic E-state index is 0. The second-order valence-corrected chi connectivity index (χ2v) is 2.47. The summed E-state index contributed by atoms with van der Waals surface area (Å²) in [6.45, 7) is 0. The molecular weight excluding hydrogens is 507 g/mol. The first-order valence-corrected chi connectivity index (χ1v) is 3.23. The van der Waals surface area contributed by atoms with Crippen LogP contribution < -0.4 is 63.6 Å². The van der Waals surface area contributed by atoms with E-state index in [1.165, 1.54) is 0 Å². The van der Waals surface area contributed by atoms with Crippen molar-refractivity contribution in [3.63, 3.8) is 0 Å². The minimum Gasteiger partial charge on any atom is -1.00 e. The molecule has 0 radical (unpaired) electrons. The fraction of sp³-hybridized carbons (Fsp3) is 0. The third kappa shape index (κ3) is 3.55. The van der Waals surface area contributed by atoms with Crippen LogP contribution in [0.25, 0.3) is 0 Å². The monoisotopic (exact) mass is 511 g/mol. The largest absolute Gasteiger partial charge is 1.00 e. The van der Waals surface area contributed by atoms with Gasteiger partial charge < -0.3 is 58.2 Å². The van der Waals surface area contributed by atoms with Crippen LogP contribution in [0.4, 0.5) is 0 Å². The average Bonchev–Trinajstić information content (AvgIpc) is 1.82. The zero-order valence-electron chi connectivity index (χ0n) is 5.38. The number of aromatic amines is 2. The lowest BCUT2D eigenvalue weighted by molar-refractivity contribution is -0.570. The highest BCUT2D eigenvalue weighted by Gasteiger charge is 2.19. The van der Waals surface area contributed by atoms with E-state index < -0.39 is 17.7 Å². The van der Waals surface area contributed by atoms with Crippen molar-refractivity contribution in [2.24, 2.45) is 0 Å². The van der Waals surface area contributed by atoms with Crippen LogP contribution in [0.5, 0.6) is 12.0 Å². The highest BCUT2D eigenvalue weighted by molar-refractivity contribution is 14.1. The van der Waals surface area contributed by atoms with Gasteiger partial charge in [-0.05, 0) is 2.78 Å². The van der Waals surface area contributed by atoms with Crippen LogP contribution in [0.1, 0.15) is 0 Å². The Bertz CT molecular complexity index is 313. The lowest BCUT2D eigenvalue weighted by Gasteiger charge is -1.80. The number of hydrogen-bond acceptors (Lipinski definition) is 3. The first kappa shape index (κ1) is 15.1. The number of H-pyrrole nitrogens is 2. The summed E-state index contributed by atoms with van der Waals surface area (Å²) in [6, 6.07) is -0.891. The molecule has 1 rings (SSSR count). The second-order valence-electron chi connectivity index (χ2n) is 1.51. The maximum atomic E-state index is 10.6. The van der Waals surface area contributed by atoms with Crippen molar-refractivity contribution in [3.8, 4) is 12.0 Å². The van der Waals surface area contributed by atoms with Gasteiger partial charge in [0, 0.05) is 0 Å². The molecule has 0 aliphatic carbocycles. The van der Waals surface area contributed by atoms with E-state index in [0.29, 0.717) is 0 Å². The molecule has 0 unspecified atom stereocenters. The predicted molar refractivity (Wildman–Crippen MR) is 36.6 cm³/mol. The minimum atomic E-state index is -0.602. The molecule has 0 atom stereocenters. The number of nitrogens with zero attached hydrogens (tertiary/aromatic N) is 1. The third-order valence-corrected chi connectivity index (χ3v) is 1.71. The summed E-state index contributed by atoms with van der Waals surface area (Å²) in [7, 11) is 0. The summed E-state index contributed by atoms with van der Waals surface area (Å²) in [4.78, 5) is 14.7. The standard InChI is InChI=1S/C3H2IN3O3.2HI/c4-7-2(9)5-1(8)6-3(7)10;;/h(H2,5,6,8,9,10);2*1H. The number of halogens is 3. The molecule has 6 nitrogen and oxygen atoms in total. The second kappa shape index (κ2) is 6.11. The van der Waals surface area contributed by atoms with E-state index in [0.717, 1.165) is 2.78 Å². The summed E-state index contributed by atoms with van der Waals surface area (Å²) in [5.74, 6) is 0. The third-order valence-electron chi connectivity index (χ3n) is 0.820. The molecule has 0 saturated carbocycles.